The molecule has 8 nitrogen and oxygen atoms in total. The smallest absolute Gasteiger partial charge is 0.306 e. The highest BCUT2D eigenvalue weighted by Gasteiger charge is 2.88. The van der Waals surface area contributed by atoms with Crippen LogP contribution < -0.4 is 0 Å². The molecule has 4 aliphatic carbocycles. The van der Waals surface area contributed by atoms with Gasteiger partial charge in [-0.25, -0.2) is 0 Å². The van der Waals surface area contributed by atoms with Crippen molar-refractivity contribution in [1.29, 1.82) is 0 Å². The van der Waals surface area contributed by atoms with Crippen LogP contribution in [0.25, 0.3) is 0 Å². The normalized spacial score (nSPS) is 36.1. The largest absolute Gasteiger partial charge is 0.458 e. The molecule has 0 aliphatic heterocycles. The van der Waals surface area contributed by atoms with Gasteiger partial charge in [-0.1, -0.05) is 110 Å². The van der Waals surface area contributed by atoms with E-state index in [4.69, 9.17) is 9.47 Å². The number of ether oxygens (including phenoxy) is 2. The molecule has 0 aromatic rings. The molecule has 2 fully saturated rings. The average molecular weight is 645 g/mol. The van der Waals surface area contributed by atoms with Gasteiger partial charge in [0.15, 0.2) is 11.4 Å². The van der Waals surface area contributed by atoms with Gasteiger partial charge >= 0.3 is 11.9 Å². The molecule has 0 amide bonds. The second-order valence-corrected chi connectivity index (χ2v) is 15.1. The van der Waals surface area contributed by atoms with Crippen molar-refractivity contribution in [2.75, 3.05) is 13.2 Å². The highest BCUT2D eigenvalue weighted by molar-refractivity contribution is 6.00. The molecule has 9 atom stereocenters. The van der Waals surface area contributed by atoms with E-state index in [1.54, 1.807) is 13.8 Å². The Labute approximate surface area is 276 Å². The van der Waals surface area contributed by atoms with Crippen molar-refractivity contribution in [1.82, 2.24) is 0 Å². The molecule has 0 spiro atoms. The molecule has 0 bridgehead atoms. The van der Waals surface area contributed by atoms with Crippen LogP contribution in [0.2, 0.25) is 0 Å². The summed E-state index contributed by atoms with van der Waals surface area (Å²) < 4.78 is 12.3. The number of ketones is 1. The van der Waals surface area contributed by atoms with Gasteiger partial charge in [-0.3, -0.25) is 14.4 Å². The van der Waals surface area contributed by atoms with Gasteiger partial charge in [0.25, 0.3) is 0 Å². The number of Topliss-reactive ketones (excluding diaryl/α,β-unsaturated/α-hetero) is 1. The molecule has 0 radical (unpaired) electrons. The Morgan fingerprint density at radius 1 is 0.913 bits per heavy atom. The van der Waals surface area contributed by atoms with Crippen molar-refractivity contribution in [2.24, 2.45) is 35.0 Å². The van der Waals surface area contributed by atoms with Gasteiger partial charge in [0.2, 0.25) is 0 Å². The van der Waals surface area contributed by atoms with Crippen molar-refractivity contribution in [3.8, 4) is 0 Å². The predicted molar refractivity (Wildman–Crippen MR) is 177 cm³/mol. The first-order valence-corrected chi connectivity index (χ1v) is 18.2. The van der Waals surface area contributed by atoms with E-state index in [0.29, 0.717) is 24.0 Å². The molecular weight excluding hydrogens is 584 g/mol. The van der Waals surface area contributed by atoms with Gasteiger partial charge < -0.3 is 24.8 Å². The number of fused-ring (bicyclic) bond motifs is 5. The minimum absolute atomic E-state index is 0.0564. The average Bonchev–Trinajstić information content (AvgIpc) is 3.47. The van der Waals surface area contributed by atoms with Gasteiger partial charge in [-0.05, 0) is 30.9 Å². The number of carbonyl (C=O) groups is 3. The number of hydrogen-bond donors (Lipinski definition) is 3. The first-order valence-electron chi connectivity index (χ1n) is 18.2. The van der Waals surface area contributed by atoms with Crippen molar-refractivity contribution in [3.63, 3.8) is 0 Å². The van der Waals surface area contributed by atoms with E-state index < -0.39 is 64.2 Å². The molecule has 0 saturated heterocycles. The number of unbranched alkanes of at least 4 members (excludes halogenated alkanes) is 12. The number of carbonyl (C=O) groups excluding carboxylic acids is 3. The van der Waals surface area contributed by atoms with E-state index in [-0.39, 0.29) is 25.4 Å². The summed E-state index contributed by atoms with van der Waals surface area (Å²) in [5.41, 5.74) is -2.66. The SMILES string of the molecule is CCCCCCCCCCCCCCCC(=O)O[C@@H]1[C@@H](C)[C@]2(O)[C@@H]3C=C(C)C(=O)[C@H]3CC(CO)=C[C@H]2C2[C@]1(OC(C)=O)[C@]2(C)CO. The van der Waals surface area contributed by atoms with Crippen molar-refractivity contribution in [3.05, 3.63) is 23.3 Å². The number of aliphatic hydroxyl groups excluding tert-OH is 2. The minimum Gasteiger partial charge on any atom is -0.458 e. The third-order valence-electron chi connectivity index (χ3n) is 12.1. The first-order chi connectivity index (χ1) is 21.9. The van der Waals surface area contributed by atoms with Crippen LogP contribution in [0, 0.1) is 35.0 Å². The third kappa shape index (κ3) is 6.78. The zero-order chi connectivity index (χ0) is 33.7. The van der Waals surface area contributed by atoms with Crippen molar-refractivity contribution >= 4 is 17.7 Å². The van der Waals surface area contributed by atoms with Crippen molar-refractivity contribution in [2.45, 2.75) is 148 Å². The second kappa shape index (κ2) is 15.5. The summed E-state index contributed by atoms with van der Waals surface area (Å²) in [4.78, 5) is 39.2. The number of allylic oxidation sites excluding steroid dienone is 1. The summed E-state index contributed by atoms with van der Waals surface area (Å²) in [6, 6.07) is 0. The third-order valence-corrected chi connectivity index (χ3v) is 12.1. The number of rotatable bonds is 18. The lowest BCUT2D eigenvalue weighted by Gasteiger charge is -2.52. The quantitative estimate of drug-likeness (QED) is 0.0889. The van der Waals surface area contributed by atoms with E-state index in [9.17, 15) is 29.7 Å². The highest BCUT2D eigenvalue weighted by Crippen LogP contribution is 2.76. The Hall–Kier alpha value is -2.03. The van der Waals surface area contributed by atoms with Gasteiger partial charge in [0, 0.05) is 48.3 Å². The van der Waals surface area contributed by atoms with E-state index in [1.165, 1.54) is 64.7 Å². The summed E-state index contributed by atoms with van der Waals surface area (Å²) in [6.07, 6.45) is 18.8. The zero-order valence-electron chi connectivity index (χ0n) is 29.0. The Kier molecular flexibility index (Phi) is 12.4. The van der Waals surface area contributed by atoms with Crippen LogP contribution in [0.5, 0.6) is 0 Å². The van der Waals surface area contributed by atoms with Crippen LogP contribution >= 0.6 is 0 Å². The molecular formula is C38H60O8. The molecule has 1 unspecified atom stereocenters. The summed E-state index contributed by atoms with van der Waals surface area (Å²) in [7, 11) is 0. The Morgan fingerprint density at radius 2 is 1.48 bits per heavy atom. The second-order valence-electron chi connectivity index (χ2n) is 15.1. The minimum atomic E-state index is -1.53. The monoisotopic (exact) mass is 644 g/mol. The fraction of sp³-hybridized carbons (Fsp3) is 0.816. The topological polar surface area (TPSA) is 130 Å². The molecule has 8 heteroatoms. The van der Waals surface area contributed by atoms with Crippen LogP contribution in [0.15, 0.2) is 23.3 Å². The standard InChI is InChI=1S/C38H60O8/c1-6-7-8-9-10-11-12-13-14-15-16-17-18-19-32(42)45-35-26(3)37(44)30-20-25(2)33(43)29(30)21-28(23-39)22-31(37)34-36(5,24-40)38(34,35)46-27(4)41/h20,22,26,29-31,34-35,39-40,44H,6-19,21,23-24H2,1-5H3/t26-,29+,30-,31+,34?,35-,36-,37+,38-/m1/s1. The molecule has 4 aliphatic rings. The Balaban J connectivity index is 1.43. The lowest BCUT2D eigenvalue weighted by atomic mass is 9.60. The molecule has 2 saturated carbocycles. The van der Waals surface area contributed by atoms with Crippen LogP contribution in [0.3, 0.4) is 0 Å². The fourth-order valence-corrected chi connectivity index (χ4v) is 9.51. The molecule has 260 valence electrons. The maximum atomic E-state index is 13.4. The zero-order valence-corrected chi connectivity index (χ0v) is 29.0. The lowest BCUT2D eigenvalue weighted by Crippen LogP contribution is -2.63. The molecule has 0 heterocycles. The maximum Gasteiger partial charge on any atom is 0.306 e. The fourth-order valence-electron chi connectivity index (χ4n) is 9.51. The number of hydrogen-bond acceptors (Lipinski definition) is 8. The Bertz CT molecular complexity index is 1160. The van der Waals surface area contributed by atoms with Crippen LogP contribution in [0.1, 0.15) is 131 Å². The van der Waals surface area contributed by atoms with Crippen LogP contribution in [0.4, 0.5) is 0 Å². The summed E-state index contributed by atoms with van der Waals surface area (Å²) in [5.74, 6) is -4.07. The van der Waals surface area contributed by atoms with Gasteiger partial charge in [0.1, 0.15) is 6.10 Å². The lowest BCUT2D eigenvalue weighted by molar-refractivity contribution is -0.220. The van der Waals surface area contributed by atoms with Gasteiger partial charge in [-0.15, -0.1) is 0 Å². The molecule has 3 N–H and O–H groups in total. The highest BCUT2D eigenvalue weighted by atomic mass is 16.6. The van der Waals surface area contributed by atoms with Crippen LogP contribution in [-0.4, -0.2) is 63.6 Å². The Morgan fingerprint density at radius 3 is 2.00 bits per heavy atom. The van der Waals surface area contributed by atoms with E-state index >= 15 is 0 Å². The molecule has 0 aromatic heterocycles. The van der Waals surface area contributed by atoms with E-state index in [2.05, 4.69) is 6.92 Å². The molecule has 46 heavy (non-hydrogen) atoms. The summed E-state index contributed by atoms with van der Waals surface area (Å²) >= 11 is 0. The van der Waals surface area contributed by atoms with Gasteiger partial charge in [-0.2, -0.15) is 0 Å². The predicted octanol–water partition coefficient (Wildman–Crippen LogP) is 6.39. The van der Waals surface area contributed by atoms with Gasteiger partial charge in [0.05, 0.1) is 18.8 Å². The number of aliphatic hydroxyl groups is 3. The van der Waals surface area contributed by atoms with Crippen LogP contribution in [-0.2, 0) is 23.9 Å². The number of esters is 2. The van der Waals surface area contributed by atoms with E-state index in [0.717, 1.165) is 19.3 Å². The first kappa shape index (κ1) is 36.8. The van der Waals surface area contributed by atoms with Crippen molar-refractivity contribution < 1.29 is 39.2 Å². The molecule has 4 rings (SSSR count). The molecule has 0 aromatic carbocycles. The summed E-state index contributed by atoms with van der Waals surface area (Å²) in [5, 5.41) is 33.7. The summed E-state index contributed by atoms with van der Waals surface area (Å²) in [6.45, 7) is 8.29. The van der Waals surface area contributed by atoms with E-state index in [1.807, 2.05) is 19.1 Å². The maximum absolute atomic E-state index is 13.4.